The van der Waals surface area contributed by atoms with Crippen LogP contribution in [0.3, 0.4) is 0 Å². The lowest BCUT2D eigenvalue weighted by atomic mass is 9.99. The van der Waals surface area contributed by atoms with E-state index < -0.39 is 17.2 Å². The van der Waals surface area contributed by atoms with Crippen molar-refractivity contribution in [3.63, 3.8) is 0 Å². The minimum absolute atomic E-state index is 0.0247. The fraction of sp³-hybridized carbons (Fsp3) is 0.261. The highest BCUT2D eigenvalue weighted by atomic mass is 19.1. The molecular weight excluding hydrogens is 417 g/mol. The van der Waals surface area contributed by atoms with E-state index in [1.165, 1.54) is 42.1 Å². The molecule has 0 bridgehead atoms. The van der Waals surface area contributed by atoms with Crippen LogP contribution in [0.25, 0.3) is 5.69 Å². The van der Waals surface area contributed by atoms with Crippen molar-refractivity contribution in [3.05, 3.63) is 81.5 Å². The number of hydrogen-bond donors (Lipinski definition) is 3. The molecule has 0 fully saturated rings. The van der Waals surface area contributed by atoms with E-state index >= 15 is 0 Å². The molecule has 0 aliphatic carbocycles. The smallest absolute Gasteiger partial charge is 0.275 e. The number of aromatic nitrogens is 2. The van der Waals surface area contributed by atoms with Crippen LogP contribution in [0.1, 0.15) is 21.7 Å². The Morgan fingerprint density at radius 3 is 2.66 bits per heavy atom. The summed E-state index contributed by atoms with van der Waals surface area (Å²) in [5, 5.41) is 26.3. The summed E-state index contributed by atoms with van der Waals surface area (Å²) in [6.45, 7) is 1.43. The van der Waals surface area contributed by atoms with Crippen LogP contribution in [0.4, 0.5) is 4.39 Å². The molecule has 8 nitrogen and oxygen atoms in total. The van der Waals surface area contributed by atoms with Crippen molar-refractivity contribution < 1.29 is 24.1 Å². The van der Waals surface area contributed by atoms with Gasteiger partial charge in [-0.15, -0.1) is 0 Å². The lowest BCUT2D eigenvalue weighted by Gasteiger charge is -2.16. The van der Waals surface area contributed by atoms with Gasteiger partial charge in [0.15, 0.2) is 17.2 Å². The predicted molar refractivity (Wildman–Crippen MR) is 116 cm³/mol. The first-order valence-electron chi connectivity index (χ1n) is 9.94. The number of carbonyl (C=O) groups excluding carboxylic acids is 1. The number of para-hydroxylation sites is 1. The number of aromatic hydroxyl groups is 1. The van der Waals surface area contributed by atoms with E-state index in [0.717, 1.165) is 5.56 Å². The molecule has 2 aromatic carbocycles. The van der Waals surface area contributed by atoms with Gasteiger partial charge < -0.3 is 20.3 Å². The molecule has 1 amide bonds. The standard InChI is InChI=1S/C23H24FN3O5/c1-14-9-20(30)22(26-27(14)18-6-4-3-5-17(18)24)23(31)25-12-16(13-28)10-15-7-8-21(32-2)19(29)11-15/h3-9,11,16,28-29H,10,12-13H2,1-2H3,(H,25,31). The van der Waals surface area contributed by atoms with Crippen LogP contribution in [0.2, 0.25) is 0 Å². The molecule has 3 aromatic rings. The lowest BCUT2D eigenvalue weighted by molar-refractivity contribution is 0.0932. The number of phenolic OH excluding ortho intramolecular Hbond substituents is 1. The van der Waals surface area contributed by atoms with Crippen LogP contribution in [-0.4, -0.2) is 46.2 Å². The first-order chi connectivity index (χ1) is 15.3. The topological polar surface area (TPSA) is 114 Å². The third-order valence-corrected chi connectivity index (χ3v) is 4.98. The molecule has 0 spiro atoms. The van der Waals surface area contributed by atoms with Crippen molar-refractivity contribution in [1.82, 2.24) is 15.1 Å². The number of nitrogens with one attached hydrogen (secondary N) is 1. The Morgan fingerprint density at radius 2 is 2.00 bits per heavy atom. The number of ether oxygens (including phenoxy) is 1. The molecule has 3 rings (SSSR count). The fourth-order valence-electron chi connectivity index (χ4n) is 3.29. The Morgan fingerprint density at radius 1 is 1.25 bits per heavy atom. The summed E-state index contributed by atoms with van der Waals surface area (Å²) in [6.07, 6.45) is 0.370. The molecule has 1 unspecified atom stereocenters. The minimum atomic E-state index is -0.726. The number of rotatable bonds is 8. The number of methoxy groups -OCH3 is 1. The Bertz CT molecular complexity index is 1180. The van der Waals surface area contributed by atoms with Crippen LogP contribution in [0.15, 0.2) is 53.3 Å². The molecule has 0 aliphatic rings. The van der Waals surface area contributed by atoms with Crippen molar-refractivity contribution in [2.24, 2.45) is 5.92 Å². The number of nitrogens with zero attached hydrogens (tertiary/aromatic N) is 2. The molecule has 9 heteroatoms. The first kappa shape index (κ1) is 23.0. The highest BCUT2D eigenvalue weighted by molar-refractivity contribution is 5.92. The van der Waals surface area contributed by atoms with Gasteiger partial charge in [-0.25, -0.2) is 9.07 Å². The van der Waals surface area contributed by atoms with E-state index in [-0.39, 0.29) is 36.2 Å². The second-order valence-electron chi connectivity index (χ2n) is 7.33. The van der Waals surface area contributed by atoms with Crippen LogP contribution >= 0.6 is 0 Å². The highest BCUT2D eigenvalue weighted by Crippen LogP contribution is 2.27. The van der Waals surface area contributed by atoms with Crippen LogP contribution < -0.4 is 15.5 Å². The summed E-state index contributed by atoms with van der Waals surface area (Å²) in [6, 6.07) is 12.0. The SMILES string of the molecule is COc1ccc(CC(CO)CNC(=O)c2nn(-c3ccccc3F)c(C)cc2=O)cc1O. The number of aryl methyl sites for hydroxylation is 1. The second kappa shape index (κ2) is 10.1. The molecule has 32 heavy (non-hydrogen) atoms. The van der Waals surface area contributed by atoms with Gasteiger partial charge in [0.25, 0.3) is 5.91 Å². The maximum atomic E-state index is 14.2. The van der Waals surface area contributed by atoms with E-state index in [1.54, 1.807) is 25.1 Å². The number of aliphatic hydroxyl groups is 1. The van der Waals surface area contributed by atoms with E-state index in [1.807, 2.05) is 0 Å². The molecular formula is C23H24FN3O5. The number of hydrogen-bond acceptors (Lipinski definition) is 6. The van der Waals surface area contributed by atoms with Gasteiger partial charge in [0, 0.05) is 30.8 Å². The van der Waals surface area contributed by atoms with Crippen molar-refractivity contribution >= 4 is 5.91 Å². The maximum absolute atomic E-state index is 14.2. The molecule has 1 heterocycles. The summed E-state index contributed by atoms with van der Waals surface area (Å²) < 4.78 is 20.4. The normalized spacial score (nSPS) is 11.8. The highest BCUT2D eigenvalue weighted by Gasteiger charge is 2.18. The van der Waals surface area contributed by atoms with E-state index in [0.29, 0.717) is 17.9 Å². The van der Waals surface area contributed by atoms with E-state index in [2.05, 4.69) is 10.4 Å². The Kier molecular flexibility index (Phi) is 7.21. The van der Waals surface area contributed by atoms with Gasteiger partial charge in [0.05, 0.1) is 7.11 Å². The van der Waals surface area contributed by atoms with Gasteiger partial charge in [0.2, 0.25) is 5.43 Å². The van der Waals surface area contributed by atoms with Crippen LogP contribution in [0, 0.1) is 18.7 Å². The number of halogens is 1. The van der Waals surface area contributed by atoms with Crippen molar-refractivity contribution in [2.75, 3.05) is 20.3 Å². The number of amides is 1. The summed E-state index contributed by atoms with van der Waals surface area (Å²) in [4.78, 5) is 25.0. The van der Waals surface area contributed by atoms with Crippen LogP contribution in [-0.2, 0) is 6.42 Å². The molecule has 0 aliphatic heterocycles. The molecule has 0 saturated heterocycles. The average Bonchev–Trinajstić information content (AvgIpc) is 2.77. The van der Waals surface area contributed by atoms with Gasteiger partial charge in [0.1, 0.15) is 11.5 Å². The van der Waals surface area contributed by atoms with Crippen molar-refractivity contribution in [3.8, 4) is 17.2 Å². The maximum Gasteiger partial charge on any atom is 0.275 e. The Balaban J connectivity index is 1.75. The number of aliphatic hydroxyl groups excluding tert-OH is 1. The summed E-state index contributed by atoms with van der Waals surface area (Å²) in [5.74, 6) is -1.33. The zero-order valence-electron chi connectivity index (χ0n) is 17.7. The molecule has 3 N–H and O–H groups in total. The average molecular weight is 441 g/mol. The van der Waals surface area contributed by atoms with Crippen LogP contribution in [0.5, 0.6) is 11.5 Å². The minimum Gasteiger partial charge on any atom is -0.504 e. The van der Waals surface area contributed by atoms with E-state index in [4.69, 9.17) is 4.74 Å². The predicted octanol–water partition coefficient (Wildman–Crippen LogP) is 1.98. The number of phenols is 1. The molecule has 168 valence electrons. The summed E-state index contributed by atoms with van der Waals surface area (Å²) in [7, 11) is 1.44. The third kappa shape index (κ3) is 5.12. The number of benzene rings is 2. The van der Waals surface area contributed by atoms with Gasteiger partial charge in [-0.1, -0.05) is 18.2 Å². The third-order valence-electron chi connectivity index (χ3n) is 4.98. The fourth-order valence-corrected chi connectivity index (χ4v) is 3.29. The van der Waals surface area contributed by atoms with Gasteiger partial charge in [-0.2, -0.15) is 5.10 Å². The van der Waals surface area contributed by atoms with E-state index in [9.17, 15) is 24.2 Å². The summed E-state index contributed by atoms with van der Waals surface area (Å²) >= 11 is 0. The monoisotopic (exact) mass is 441 g/mol. The van der Waals surface area contributed by atoms with Gasteiger partial charge >= 0.3 is 0 Å². The zero-order chi connectivity index (χ0) is 23.3. The summed E-state index contributed by atoms with van der Waals surface area (Å²) in [5.41, 5.74) is 0.272. The lowest BCUT2D eigenvalue weighted by Crippen LogP contribution is -2.36. The molecule has 1 aromatic heterocycles. The Hall–Kier alpha value is -3.72. The second-order valence-corrected chi connectivity index (χ2v) is 7.33. The van der Waals surface area contributed by atoms with Crippen molar-refractivity contribution in [2.45, 2.75) is 13.3 Å². The first-order valence-corrected chi connectivity index (χ1v) is 9.94. The van der Waals surface area contributed by atoms with Gasteiger partial charge in [-0.05, 0) is 43.2 Å². The quantitative estimate of drug-likeness (QED) is 0.493. The number of carbonyl (C=O) groups is 1. The molecule has 0 saturated carbocycles. The molecule has 0 radical (unpaired) electrons. The zero-order valence-corrected chi connectivity index (χ0v) is 17.7. The van der Waals surface area contributed by atoms with Gasteiger partial charge in [-0.3, -0.25) is 9.59 Å². The Labute approximate surface area is 183 Å². The molecule has 1 atom stereocenters. The largest absolute Gasteiger partial charge is 0.504 e. The van der Waals surface area contributed by atoms with Crippen molar-refractivity contribution in [1.29, 1.82) is 0 Å².